The Morgan fingerprint density at radius 1 is 1.00 bits per heavy atom. The fourth-order valence-electron chi connectivity index (χ4n) is 3.87. The number of Topliss-reactive ketones (excluding diaryl/α,β-unsaturated/α-hetero) is 1. The average molecular weight is 355 g/mol. The molecule has 0 radical (unpaired) electrons. The summed E-state index contributed by atoms with van der Waals surface area (Å²) < 4.78 is 2.40. The van der Waals surface area contributed by atoms with Gasteiger partial charge < -0.3 is 4.57 Å². The highest BCUT2D eigenvalue weighted by molar-refractivity contribution is 6.00. The van der Waals surface area contributed by atoms with E-state index in [0.717, 1.165) is 36.9 Å². The first-order valence-electron chi connectivity index (χ1n) is 9.76. The highest BCUT2D eigenvalue weighted by atomic mass is 16.1. The maximum Gasteiger partial charge on any atom is 0.163 e. The van der Waals surface area contributed by atoms with Crippen molar-refractivity contribution in [2.45, 2.75) is 39.2 Å². The number of hydrogen-bond acceptors (Lipinski definition) is 1. The van der Waals surface area contributed by atoms with Gasteiger partial charge >= 0.3 is 0 Å². The molecule has 1 aromatic heterocycles. The molecule has 27 heavy (non-hydrogen) atoms. The SMILES string of the molecule is Cc1ccc(-c2ccccc2)n1CCC/C=C/c1ccc2c(c1)C(=O)CC2. The number of benzene rings is 2. The van der Waals surface area contributed by atoms with E-state index in [1.165, 1.54) is 22.5 Å². The van der Waals surface area contributed by atoms with Crippen LogP contribution in [0.2, 0.25) is 0 Å². The molecule has 0 atom stereocenters. The first kappa shape index (κ1) is 17.5. The van der Waals surface area contributed by atoms with Crippen molar-refractivity contribution in [3.8, 4) is 11.3 Å². The van der Waals surface area contributed by atoms with Crippen LogP contribution in [-0.4, -0.2) is 10.4 Å². The molecule has 0 unspecified atom stereocenters. The van der Waals surface area contributed by atoms with Gasteiger partial charge in [0.15, 0.2) is 5.78 Å². The second kappa shape index (κ2) is 7.79. The molecule has 4 rings (SSSR count). The van der Waals surface area contributed by atoms with E-state index < -0.39 is 0 Å². The summed E-state index contributed by atoms with van der Waals surface area (Å²) in [5.41, 5.74) is 7.11. The number of carbonyl (C=O) groups is 1. The predicted molar refractivity (Wildman–Crippen MR) is 112 cm³/mol. The van der Waals surface area contributed by atoms with Gasteiger partial charge in [0, 0.05) is 29.9 Å². The van der Waals surface area contributed by atoms with Crippen molar-refractivity contribution in [2.24, 2.45) is 0 Å². The van der Waals surface area contributed by atoms with Crippen LogP contribution in [0, 0.1) is 6.92 Å². The number of ketones is 1. The first-order chi connectivity index (χ1) is 13.2. The summed E-state index contributed by atoms with van der Waals surface area (Å²) >= 11 is 0. The lowest BCUT2D eigenvalue weighted by molar-refractivity contribution is 0.0994. The van der Waals surface area contributed by atoms with Crippen molar-refractivity contribution in [2.75, 3.05) is 0 Å². The molecule has 136 valence electrons. The van der Waals surface area contributed by atoms with Gasteiger partial charge in [0.05, 0.1) is 0 Å². The zero-order chi connectivity index (χ0) is 18.6. The second-order valence-corrected chi connectivity index (χ2v) is 7.26. The van der Waals surface area contributed by atoms with E-state index in [9.17, 15) is 4.79 Å². The van der Waals surface area contributed by atoms with Gasteiger partial charge in [-0.2, -0.15) is 0 Å². The van der Waals surface area contributed by atoms with E-state index in [0.29, 0.717) is 6.42 Å². The van der Waals surface area contributed by atoms with Crippen LogP contribution in [-0.2, 0) is 13.0 Å². The van der Waals surface area contributed by atoms with Gasteiger partial charge in [-0.3, -0.25) is 4.79 Å². The Labute approximate surface area is 161 Å². The largest absolute Gasteiger partial charge is 0.345 e. The Balaban J connectivity index is 1.37. The predicted octanol–water partition coefficient (Wildman–Crippen LogP) is 6.09. The minimum absolute atomic E-state index is 0.289. The summed E-state index contributed by atoms with van der Waals surface area (Å²) in [6.45, 7) is 3.18. The van der Waals surface area contributed by atoms with Crippen molar-refractivity contribution >= 4 is 11.9 Å². The number of carbonyl (C=O) groups excluding carboxylic acids is 1. The van der Waals surface area contributed by atoms with Gasteiger partial charge in [-0.15, -0.1) is 0 Å². The van der Waals surface area contributed by atoms with Gasteiger partial charge in [0.25, 0.3) is 0 Å². The minimum atomic E-state index is 0.289. The molecule has 3 aromatic rings. The van der Waals surface area contributed by atoms with Crippen molar-refractivity contribution in [1.29, 1.82) is 0 Å². The van der Waals surface area contributed by atoms with Crippen molar-refractivity contribution in [1.82, 2.24) is 4.57 Å². The summed E-state index contributed by atoms with van der Waals surface area (Å²) in [4.78, 5) is 11.9. The Bertz CT molecular complexity index is 979. The van der Waals surface area contributed by atoms with Crippen LogP contribution in [0.1, 0.15) is 46.4 Å². The van der Waals surface area contributed by atoms with Crippen LogP contribution in [0.4, 0.5) is 0 Å². The summed E-state index contributed by atoms with van der Waals surface area (Å²) in [5.74, 6) is 0.289. The third-order valence-electron chi connectivity index (χ3n) is 5.39. The maximum absolute atomic E-state index is 11.9. The van der Waals surface area contributed by atoms with Crippen molar-refractivity contribution in [3.63, 3.8) is 0 Å². The van der Waals surface area contributed by atoms with Crippen LogP contribution in [0.25, 0.3) is 17.3 Å². The molecule has 1 heterocycles. The number of allylic oxidation sites excluding steroid dienone is 1. The Kier molecular flexibility index (Phi) is 5.06. The number of hydrogen-bond donors (Lipinski definition) is 0. The van der Waals surface area contributed by atoms with Crippen molar-refractivity contribution in [3.05, 3.63) is 89.1 Å². The number of unbranched alkanes of at least 4 members (excludes halogenated alkanes) is 1. The molecule has 1 aliphatic carbocycles. The van der Waals surface area contributed by atoms with E-state index >= 15 is 0 Å². The molecule has 0 bridgehead atoms. The van der Waals surface area contributed by atoms with Crippen molar-refractivity contribution < 1.29 is 4.79 Å². The molecule has 0 saturated heterocycles. The Hall–Kier alpha value is -2.87. The normalized spacial score (nSPS) is 13.4. The zero-order valence-corrected chi connectivity index (χ0v) is 15.8. The standard InChI is InChI=1S/C25H25NO/c1-19-11-15-24(22-9-5-2-6-10-22)26(19)17-7-3-4-8-20-12-13-21-14-16-25(27)23(21)18-20/h2,4-6,8-13,15,18H,3,7,14,16-17H2,1H3/b8-4+. The summed E-state index contributed by atoms with van der Waals surface area (Å²) in [7, 11) is 0. The van der Waals surface area contributed by atoms with Crippen LogP contribution in [0.15, 0.2) is 66.7 Å². The monoisotopic (exact) mass is 355 g/mol. The molecule has 0 aliphatic heterocycles. The summed E-state index contributed by atoms with van der Waals surface area (Å²) in [6.07, 6.45) is 8.06. The molecular formula is C25H25NO. The van der Waals surface area contributed by atoms with Gasteiger partial charge in [-0.25, -0.2) is 0 Å². The van der Waals surface area contributed by atoms with Crippen LogP contribution in [0.5, 0.6) is 0 Å². The van der Waals surface area contributed by atoms with E-state index in [1.807, 2.05) is 6.07 Å². The molecule has 0 fully saturated rings. The smallest absolute Gasteiger partial charge is 0.163 e. The number of nitrogens with zero attached hydrogens (tertiary/aromatic N) is 1. The molecule has 0 amide bonds. The average Bonchev–Trinajstić information content (AvgIpc) is 3.25. The van der Waals surface area contributed by atoms with Crippen LogP contribution >= 0.6 is 0 Å². The van der Waals surface area contributed by atoms with E-state index in [2.05, 4.69) is 78.2 Å². The highest BCUT2D eigenvalue weighted by Crippen LogP contribution is 2.24. The first-order valence-corrected chi connectivity index (χ1v) is 9.76. The summed E-state index contributed by atoms with van der Waals surface area (Å²) in [6, 6.07) is 21.2. The van der Waals surface area contributed by atoms with E-state index in [4.69, 9.17) is 0 Å². The Morgan fingerprint density at radius 3 is 2.70 bits per heavy atom. The van der Waals surface area contributed by atoms with E-state index in [-0.39, 0.29) is 5.78 Å². The third-order valence-corrected chi connectivity index (χ3v) is 5.39. The minimum Gasteiger partial charge on any atom is -0.345 e. The quantitative estimate of drug-likeness (QED) is 0.491. The lowest BCUT2D eigenvalue weighted by Crippen LogP contribution is -2.02. The lowest BCUT2D eigenvalue weighted by Gasteiger charge is -2.11. The molecule has 2 heteroatoms. The fourth-order valence-corrected chi connectivity index (χ4v) is 3.87. The number of fused-ring (bicyclic) bond motifs is 1. The van der Waals surface area contributed by atoms with Crippen LogP contribution in [0.3, 0.4) is 0 Å². The molecule has 0 N–H and O–H groups in total. The third kappa shape index (κ3) is 3.80. The molecule has 0 saturated carbocycles. The maximum atomic E-state index is 11.9. The number of rotatable bonds is 6. The zero-order valence-electron chi connectivity index (χ0n) is 15.8. The van der Waals surface area contributed by atoms with Gasteiger partial charge in [0.2, 0.25) is 0 Å². The number of aryl methyl sites for hydroxylation is 2. The van der Waals surface area contributed by atoms with E-state index in [1.54, 1.807) is 0 Å². The molecule has 1 aliphatic rings. The molecule has 0 spiro atoms. The molecule has 2 nitrogen and oxygen atoms in total. The van der Waals surface area contributed by atoms with Gasteiger partial charge in [-0.05, 0) is 61.1 Å². The Morgan fingerprint density at radius 2 is 1.85 bits per heavy atom. The molecule has 2 aromatic carbocycles. The van der Waals surface area contributed by atoms with Gasteiger partial charge in [0.1, 0.15) is 0 Å². The van der Waals surface area contributed by atoms with Crippen LogP contribution < -0.4 is 0 Å². The highest BCUT2D eigenvalue weighted by Gasteiger charge is 2.18. The second-order valence-electron chi connectivity index (χ2n) is 7.26. The topological polar surface area (TPSA) is 22.0 Å². The van der Waals surface area contributed by atoms with Gasteiger partial charge in [-0.1, -0.05) is 54.6 Å². The summed E-state index contributed by atoms with van der Waals surface area (Å²) in [5, 5.41) is 0. The molecular weight excluding hydrogens is 330 g/mol. The number of aromatic nitrogens is 1. The fraction of sp³-hybridized carbons (Fsp3) is 0.240. The lowest BCUT2D eigenvalue weighted by atomic mass is 10.1.